The highest BCUT2D eigenvalue weighted by Crippen LogP contribution is 2.20. The van der Waals surface area contributed by atoms with Crippen LogP contribution in [0.15, 0.2) is 0 Å². The Morgan fingerprint density at radius 1 is 1.53 bits per heavy atom. The number of methoxy groups -OCH3 is 1. The van der Waals surface area contributed by atoms with Crippen molar-refractivity contribution in [2.45, 2.75) is 31.5 Å². The molecule has 96 valence electrons. The summed E-state index contributed by atoms with van der Waals surface area (Å²) in [4.78, 5) is 3.79. The second-order valence-corrected chi connectivity index (χ2v) is 4.44. The van der Waals surface area contributed by atoms with E-state index in [9.17, 15) is 0 Å². The third kappa shape index (κ3) is 2.99. The van der Waals surface area contributed by atoms with Crippen LogP contribution in [0.5, 0.6) is 0 Å². The van der Waals surface area contributed by atoms with Crippen LogP contribution < -0.4 is 5.73 Å². The molecule has 1 fully saturated rings. The molecule has 0 aromatic carbocycles. The Hall–Kier alpha value is -1.05. The number of nitrogens with two attached hydrogens (primary N) is 1. The molecule has 17 heavy (non-hydrogen) atoms. The molecule has 1 aliphatic rings. The molecule has 2 heterocycles. The quantitative estimate of drug-likeness (QED) is 0.738. The number of hydrogen-bond acceptors (Lipinski definition) is 6. The number of ether oxygens (including phenoxy) is 1. The summed E-state index contributed by atoms with van der Waals surface area (Å²) in [5, 5.41) is 12.0. The van der Waals surface area contributed by atoms with Gasteiger partial charge in [-0.05, 0) is 18.1 Å². The highest BCUT2D eigenvalue weighted by atomic mass is 16.5. The molecule has 1 aliphatic heterocycles. The Labute approximate surface area is 101 Å². The molecule has 1 aromatic rings. The van der Waals surface area contributed by atoms with Gasteiger partial charge in [-0.15, -0.1) is 10.2 Å². The van der Waals surface area contributed by atoms with E-state index in [1.165, 1.54) is 4.80 Å². The predicted octanol–water partition coefficient (Wildman–Crippen LogP) is -0.852. The Bertz CT molecular complexity index is 354. The number of nitrogens with zero attached hydrogens (tertiary/aromatic N) is 5. The molecule has 7 nitrogen and oxygen atoms in total. The van der Waals surface area contributed by atoms with E-state index >= 15 is 0 Å². The lowest BCUT2D eigenvalue weighted by Crippen LogP contribution is -2.48. The molecule has 7 heteroatoms. The van der Waals surface area contributed by atoms with E-state index in [-0.39, 0.29) is 0 Å². The van der Waals surface area contributed by atoms with Crippen molar-refractivity contribution >= 4 is 0 Å². The normalized spacial score (nSPS) is 26.3. The van der Waals surface area contributed by atoms with Gasteiger partial charge in [-0.2, -0.15) is 4.80 Å². The molecule has 0 aliphatic carbocycles. The van der Waals surface area contributed by atoms with Gasteiger partial charge in [-0.25, -0.2) is 0 Å². The van der Waals surface area contributed by atoms with E-state index in [2.05, 4.69) is 20.3 Å². The largest absolute Gasteiger partial charge is 0.381 e. The molecule has 0 saturated carbocycles. The second-order valence-electron chi connectivity index (χ2n) is 4.44. The Morgan fingerprint density at radius 2 is 2.35 bits per heavy atom. The van der Waals surface area contributed by atoms with Gasteiger partial charge >= 0.3 is 0 Å². The van der Waals surface area contributed by atoms with Gasteiger partial charge < -0.3 is 10.5 Å². The number of aromatic nitrogens is 4. The van der Waals surface area contributed by atoms with Crippen LogP contribution in [0.4, 0.5) is 0 Å². The van der Waals surface area contributed by atoms with Crippen LogP contribution in [0.2, 0.25) is 0 Å². The van der Waals surface area contributed by atoms with Crippen molar-refractivity contribution in [3.8, 4) is 0 Å². The Morgan fingerprint density at radius 3 is 2.94 bits per heavy atom. The van der Waals surface area contributed by atoms with Crippen molar-refractivity contribution in [1.82, 2.24) is 25.1 Å². The summed E-state index contributed by atoms with van der Waals surface area (Å²) in [5.41, 5.74) is 5.81. The van der Waals surface area contributed by atoms with Gasteiger partial charge in [0.2, 0.25) is 0 Å². The summed E-state index contributed by atoms with van der Waals surface area (Å²) in [6, 6.07) is 0.345. The molecule has 0 bridgehead atoms. The fraction of sp³-hybridized carbons (Fsp3) is 0.900. The van der Waals surface area contributed by atoms with Gasteiger partial charge in [-0.3, -0.25) is 4.90 Å². The fourth-order valence-electron chi connectivity index (χ4n) is 2.30. The lowest BCUT2D eigenvalue weighted by molar-refractivity contribution is 0.00928. The molecule has 2 atom stereocenters. The lowest BCUT2D eigenvalue weighted by atomic mass is 9.99. The van der Waals surface area contributed by atoms with Crippen LogP contribution in [0.3, 0.4) is 0 Å². The van der Waals surface area contributed by atoms with Crippen molar-refractivity contribution in [1.29, 1.82) is 0 Å². The van der Waals surface area contributed by atoms with Crippen LogP contribution in [0, 0.1) is 0 Å². The molecular weight excluding hydrogens is 220 g/mol. The maximum Gasteiger partial charge on any atom is 0.188 e. The number of rotatable bonds is 4. The zero-order chi connectivity index (χ0) is 12.3. The number of piperidine rings is 1. The van der Waals surface area contributed by atoms with Crippen molar-refractivity contribution in [2.75, 3.05) is 20.2 Å². The van der Waals surface area contributed by atoms with Crippen molar-refractivity contribution < 1.29 is 4.74 Å². The van der Waals surface area contributed by atoms with Gasteiger partial charge in [-0.1, -0.05) is 0 Å². The number of tetrazole rings is 1. The van der Waals surface area contributed by atoms with E-state index in [0.29, 0.717) is 25.2 Å². The molecule has 0 amide bonds. The Balaban J connectivity index is 1.95. The molecule has 2 N–H and O–H groups in total. The van der Waals surface area contributed by atoms with Crippen molar-refractivity contribution in [3.05, 3.63) is 5.82 Å². The lowest BCUT2D eigenvalue weighted by Gasteiger charge is -2.37. The zero-order valence-electron chi connectivity index (χ0n) is 10.4. The molecule has 0 radical (unpaired) electrons. The minimum Gasteiger partial charge on any atom is -0.381 e. The van der Waals surface area contributed by atoms with Crippen molar-refractivity contribution in [2.24, 2.45) is 12.8 Å². The predicted molar refractivity (Wildman–Crippen MR) is 62.1 cm³/mol. The number of aryl methyl sites for hydroxylation is 1. The highest BCUT2D eigenvalue weighted by molar-refractivity contribution is 4.87. The van der Waals surface area contributed by atoms with E-state index in [1.807, 2.05) is 0 Å². The van der Waals surface area contributed by atoms with Gasteiger partial charge in [0.1, 0.15) is 0 Å². The van der Waals surface area contributed by atoms with Gasteiger partial charge in [0.25, 0.3) is 0 Å². The van der Waals surface area contributed by atoms with E-state index in [4.69, 9.17) is 10.5 Å². The topological polar surface area (TPSA) is 82.1 Å². The molecule has 2 rings (SSSR count). The number of hydrogen-bond donors (Lipinski definition) is 1. The average Bonchev–Trinajstić information content (AvgIpc) is 2.75. The first-order chi connectivity index (χ1) is 8.22. The monoisotopic (exact) mass is 240 g/mol. The van der Waals surface area contributed by atoms with Crippen LogP contribution >= 0.6 is 0 Å². The summed E-state index contributed by atoms with van der Waals surface area (Å²) < 4.78 is 5.40. The smallest absolute Gasteiger partial charge is 0.188 e. The molecule has 1 saturated heterocycles. The number of likely N-dealkylation sites (tertiary alicyclic amines) is 1. The van der Waals surface area contributed by atoms with Crippen LogP contribution in [0.1, 0.15) is 18.7 Å². The summed E-state index contributed by atoms with van der Waals surface area (Å²) in [6.07, 6.45) is 2.34. The molecule has 1 aromatic heterocycles. The molecule has 0 spiro atoms. The van der Waals surface area contributed by atoms with Gasteiger partial charge in [0.15, 0.2) is 5.82 Å². The van der Waals surface area contributed by atoms with E-state index in [0.717, 1.165) is 25.2 Å². The van der Waals surface area contributed by atoms with Gasteiger partial charge in [0.05, 0.1) is 19.7 Å². The standard InChI is InChI=1S/C10H20N6O/c1-15-13-10(12-14-15)7-16-4-3-9(17-2)5-8(16)6-11/h8-9H,3-7,11H2,1-2H3. The first kappa shape index (κ1) is 12.4. The first-order valence-electron chi connectivity index (χ1n) is 5.92. The maximum absolute atomic E-state index is 5.81. The van der Waals surface area contributed by atoms with Crippen LogP contribution in [-0.2, 0) is 18.3 Å². The summed E-state index contributed by atoms with van der Waals surface area (Å²) in [5.74, 6) is 0.752. The highest BCUT2D eigenvalue weighted by Gasteiger charge is 2.28. The summed E-state index contributed by atoms with van der Waals surface area (Å²) >= 11 is 0. The summed E-state index contributed by atoms with van der Waals surface area (Å²) in [7, 11) is 3.53. The SMILES string of the molecule is COC1CCN(Cc2nnn(C)n2)C(CN)C1. The summed E-state index contributed by atoms with van der Waals surface area (Å²) in [6.45, 7) is 2.32. The Kier molecular flexibility index (Phi) is 4.03. The minimum atomic E-state index is 0.328. The third-order valence-corrected chi connectivity index (χ3v) is 3.29. The van der Waals surface area contributed by atoms with E-state index < -0.39 is 0 Å². The average molecular weight is 240 g/mol. The second kappa shape index (κ2) is 5.52. The fourth-order valence-corrected chi connectivity index (χ4v) is 2.30. The molecular formula is C10H20N6O. The van der Waals surface area contributed by atoms with Crippen molar-refractivity contribution in [3.63, 3.8) is 0 Å². The third-order valence-electron chi connectivity index (χ3n) is 3.29. The maximum atomic E-state index is 5.81. The van der Waals surface area contributed by atoms with Gasteiger partial charge in [0, 0.05) is 26.2 Å². The molecule has 2 unspecified atom stereocenters. The van der Waals surface area contributed by atoms with Crippen LogP contribution in [0.25, 0.3) is 0 Å². The first-order valence-corrected chi connectivity index (χ1v) is 5.92. The van der Waals surface area contributed by atoms with Crippen LogP contribution in [-0.4, -0.2) is 57.5 Å². The van der Waals surface area contributed by atoms with E-state index in [1.54, 1.807) is 14.2 Å². The minimum absolute atomic E-state index is 0.328. The zero-order valence-corrected chi connectivity index (χ0v) is 10.4.